The number of rotatable bonds is 3. The number of aromatic nitrogens is 1. The molecule has 3 saturated heterocycles. The summed E-state index contributed by atoms with van der Waals surface area (Å²) in [6.45, 7) is 2.62. The highest BCUT2D eigenvalue weighted by Crippen LogP contribution is 2.32. The minimum atomic E-state index is 0.708. The lowest BCUT2D eigenvalue weighted by atomic mass is 9.83. The molecule has 1 aromatic heterocycles. The Balaban J connectivity index is 1.57. The van der Waals surface area contributed by atoms with Gasteiger partial charge in [-0.05, 0) is 56.3 Å². The highest BCUT2D eigenvalue weighted by Gasteiger charge is 2.31. The Morgan fingerprint density at radius 1 is 1.35 bits per heavy atom. The van der Waals surface area contributed by atoms with Crippen molar-refractivity contribution in [1.82, 2.24) is 9.88 Å². The van der Waals surface area contributed by atoms with E-state index in [9.17, 15) is 0 Å². The van der Waals surface area contributed by atoms with E-state index < -0.39 is 0 Å². The maximum absolute atomic E-state index is 4.14. The zero-order chi connectivity index (χ0) is 11.5. The summed E-state index contributed by atoms with van der Waals surface area (Å²) >= 11 is 0. The number of hydrogen-bond acceptors (Lipinski definition) is 2. The van der Waals surface area contributed by atoms with Crippen molar-refractivity contribution in [1.29, 1.82) is 0 Å². The molecule has 0 aromatic carbocycles. The molecule has 1 atom stereocenters. The van der Waals surface area contributed by atoms with Gasteiger partial charge in [-0.3, -0.25) is 9.88 Å². The van der Waals surface area contributed by atoms with Crippen LogP contribution < -0.4 is 0 Å². The van der Waals surface area contributed by atoms with E-state index in [4.69, 9.17) is 0 Å². The van der Waals surface area contributed by atoms with E-state index in [2.05, 4.69) is 28.1 Å². The molecule has 90 valence electrons. The van der Waals surface area contributed by atoms with Gasteiger partial charge < -0.3 is 0 Å². The summed E-state index contributed by atoms with van der Waals surface area (Å²) in [7, 11) is 0. The first-order chi connectivity index (χ1) is 8.42. The predicted octanol–water partition coefficient (Wildman–Crippen LogP) is 2.66. The second-order valence-electron chi connectivity index (χ2n) is 5.28. The van der Waals surface area contributed by atoms with Crippen molar-refractivity contribution < 1.29 is 0 Å². The summed E-state index contributed by atoms with van der Waals surface area (Å²) in [5.41, 5.74) is 1.31. The van der Waals surface area contributed by atoms with Gasteiger partial charge in [0.2, 0.25) is 0 Å². The average Bonchev–Trinajstić information content (AvgIpc) is 2.41. The second kappa shape index (κ2) is 5.01. The van der Waals surface area contributed by atoms with Gasteiger partial charge in [0.15, 0.2) is 0 Å². The fourth-order valence-electron chi connectivity index (χ4n) is 3.09. The van der Waals surface area contributed by atoms with Gasteiger partial charge in [0.1, 0.15) is 0 Å². The topological polar surface area (TPSA) is 16.1 Å². The molecule has 0 aliphatic carbocycles. The maximum atomic E-state index is 4.14. The van der Waals surface area contributed by atoms with E-state index in [-0.39, 0.29) is 0 Å². The quantitative estimate of drug-likeness (QED) is 0.739. The Bertz CT molecular complexity index is 377. The fraction of sp³-hybridized carbons (Fsp3) is 0.533. The SMILES string of the molecule is C(=C\C1CC2CCN1CC2)/Cc1cccnc1. The molecule has 4 heterocycles. The van der Waals surface area contributed by atoms with Crippen LogP contribution in [0, 0.1) is 5.92 Å². The largest absolute Gasteiger partial charge is 0.297 e. The van der Waals surface area contributed by atoms with Crippen molar-refractivity contribution in [2.45, 2.75) is 31.7 Å². The van der Waals surface area contributed by atoms with E-state index >= 15 is 0 Å². The first kappa shape index (κ1) is 11.0. The average molecular weight is 228 g/mol. The minimum Gasteiger partial charge on any atom is -0.297 e. The Hall–Kier alpha value is -1.15. The third-order valence-electron chi connectivity index (χ3n) is 4.13. The van der Waals surface area contributed by atoms with Crippen LogP contribution in [0.1, 0.15) is 24.8 Å². The first-order valence-corrected chi connectivity index (χ1v) is 6.71. The van der Waals surface area contributed by atoms with Crippen molar-refractivity contribution >= 4 is 0 Å². The summed E-state index contributed by atoms with van der Waals surface area (Å²) in [5, 5.41) is 0. The Kier molecular flexibility index (Phi) is 3.23. The Morgan fingerprint density at radius 2 is 2.24 bits per heavy atom. The number of hydrogen-bond donors (Lipinski definition) is 0. The molecule has 2 bridgehead atoms. The summed E-state index contributed by atoms with van der Waals surface area (Å²) in [5.74, 6) is 0.994. The first-order valence-electron chi connectivity index (χ1n) is 6.71. The van der Waals surface area contributed by atoms with Crippen molar-refractivity contribution in [2.75, 3.05) is 13.1 Å². The van der Waals surface area contributed by atoms with Crippen LogP contribution in [0.25, 0.3) is 0 Å². The van der Waals surface area contributed by atoms with Crippen molar-refractivity contribution in [3.05, 3.63) is 42.2 Å². The van der Waals surface area contributed by atoms with Crippen LogP contribution >= 0.6 is 0 Å². The van der Waals surface area contributed by atoms with E-state index in [0.29, 0.717) is 6.04 Å². The Morgan fingerprint density at radius 3 is 2.88 bits per heavy atom. The second-order valence-corrected chi connectivity index (χ2v) is 5.28. The van der Waals surface area contributed by atoms with Gasteiger partial charge in [0, 0.05) is 18.4 Å². The molecule has 4 rings (SSSR count). The lowest BCUT2D eigenvalue weighted by Gasteiger charge is -2.44. The molecule has 2 nitrogen and oxygen atoms in total. The third kappa shape index (κ3) is 2.58. The molecule has 1 aromatic rings. The van der Waals surface area contributed by atoms with Crippen LogP contribution in [-0.2, 0) is 6.42 Å². The maximum Gasteiger partial charge on any atom is 0.0303 e. The van der Waals surface area contributed by atoms with Gasteiger partial charge in [-0.25, -0.2) is 0 Å². The molecular formula is C15H20N2. The molecule has 3 aliphatic rings. The lowest BCUT2D eigenvalue weighted by molar-refractivity contribution is 0.0735. The van der Waals surface area contributed by atoms with Crippen molar-refractivity contribution in [3.8, 4) is 0 Å². The standard InChI is InChI=1S/C15H20N2/c1(3-14-4-2-8-16-12-14)5-15-11-13-6-9-17(15)10-7-13/h1-2,4-5,8,12-13,15H,3,6-7,9-11H2/b5-1+. The zero-order valence-electron chi connectivity index (χ0n) is 10.3. The molecule has 0 amide bonds. The molecular weight excluding hydrogens is 208 g/mol. The molecule has 3 fully saturated rings. The molecule has 0 saturated carbocycles. The van der Waals surface area contributed by atoms with Gasteiger partial charge in [-0.2, -0.15) is 0 Å². The molecule has 17 heavy (non-hydrogen) atoms. The van der Waals surface area contributed by atoms with Crippen LogP contribution in [0.5, 0.6) is 0 Å². The van der Waals surface area contributed by atoms with Crippen LogP contribution in [0.15, 0.2) is 36.7 Å². The molecule has 3 aliphatic heterocycles. The van der Waals surface area contributed by atoms with Gasteiger partial charge in [0.05, 0.1) is 0 Å². The van der Waals surface area contributed by atoms with E-state index in [0.717, 1.165) is 12.3 Å². The molecule has 0 spiro atoms. The van der Waals surface area contributed by atoms with E-state index in [1.165, 1.54) is 37.9 Å². The van der Waals surface area contributed by atoms with Crippen molar-refractivity contribution in [3.63, 3.8) is 0 Å². The van der Waals surface area contributed by atoms with Crippen LogP contribution in [0.4, 0.5) is 0 Å². The van der Waals surface area contributed by atoms with Gasteiger partial charge >= 0.3 is 0 Å². The lowest BCUT2D eigenvalue weighted by Crippen LogP contribution is -2.47. The van der Waals surface area contributed by atoms with Gasteiger partial charge in [-0.1, -0.05) is 18.2 Å². The summed E-state index contributed by atoms with van der Waals surface area (Å²) in [6.07, 6.45) is 13.8. The van der Waals surface area contributed by atoms with Crippen molar-refractivity contribution in [2.24, 2.45) is 5.92 Å². The monoisotopic (exact) mass is 228 g/mol. The molecule has 1 unspecified atom stereocenters. The Labute approximate surface area is 103 Å². The van der Waals surface area contributed by atoms with Crippen LogP contribution in [0.2, 0.25) is 0 Å². The predicted molar refractivity (Wildman–Crippen MR) is 69.8 cm³/mol. The number of fused-ring (bicyclic) bond motifs is 3. The van der Waals surface area contributed by atoms with E-state index in [1.54, 1.807) is 0 Å². The number of piperidine rings is 3. The normalized spacial score (nSPS) is 32.1. The van der Waals surface area contributed by atoms with Crippen LogP contribution in [0.3, 0.4) is 0 Å². The number of nitrogens with zero attached hydrogens (tertiary/aromatic N) is 2. The zero-order valence-corrected chi connectivity index (χ0v) is 10.3. The molecule has 0 radical (unpaired) electrons. The smallest absolute Gasteiger partial charge is 0.0303 e. The van der Waals surface area contributed by atoms with Gasteiger partial charge in [0.25, 0.3) is 0 Å². The van der Waals surface area contributed by atoms with Crippen LogP contribution in [-0.4, -0.2) is 29.0 Å². The number of allylic oxidation sites excluding steroid dienone is 1. The highest BCUT2D eigenvalue weighted by molar-refractivity contribution is 5.13. The van der Waals surface area contributed by atoms with E-state index in [1.807, 2.05) is 18.5 Å². The molecule has 0 N–H and O–H groups in total. The number of pyridine rings is 1. The minimum absolute atomic E-state index is 0.708. The summed E-state index contributed by atoms with van der Waals surface area (Å²) < 4.78 is 0. The van der Waals surface area contributed by atoms with Gasteiger partial charge in [-0.15, -0.1) is 0 Å². The third-order valence-corrected chi connectivity index (χ3v) is 4.13. The molecule has 2 heteroatoms. The summed E-state index contributed by atoms with van der Waals surface area (Å²) in [6, 6.07) is 4.86. The fourth-order valence-corrected chi connectivity index (χ4v) is 3.09. The summed E-state index contributed by atoms with van der Waals surface area (Å²) in [4.78, 5) is 6.78. The highest BCUT2D eigenvalue weighted by atomic mass is 15.2.